The minimum absolute atomic E-state index is 0.0311. The lowest BCUT2D eigenvalue weighted by Crippen LogP contribution is -2.57. The van der Waals surface area contributed by atoms with Gasteiger partial charge in [-0.15, -0.1) is 0 Å². The van der Waals surface area contributed by atoms with Crippen LogP contribution in [0, 0.1) is 6.92 Å². The van der Waals surface area contributed by atoms with Crippen molar-refractivity contribution in [3.8, 4) is 11.1 Å². The number of piperazine rings is 1. The summed E-state index contributed by atoms with van der Waals surface area (Å²) >= 11 is 0. The van der Waals surface area contributed by atoms with Crippen molar-refractivity contribution < 1.29 is 14.7 Å². The first-order chi connectivity index (χ1) is 15.3. The van der Waals surface area contributed by atoms with Gasteiger partial charge in [-0.1, -0.05) is 18.2 Å². The summed E-state index contributed by atoms with van der Waals surface area (Å²) in [7, 11) is 2.01. The van der Waals surface area contributed by atoms with Gasteiger partial charge < -0.3 is 19.5 Å². The summed E-state index contributed by atoms with van der Waals surface area (Å²) in [4.78, 5) is 33.7. The largest absolute Gasteiger partial charge is 0.380 e. The molecule has 32 heavy (non-hydrogen) atoms. The van der Waals surface area contributed by atoms with Gasteiger partial charge in [0.05, 0.1) is 11.0 Å². The Balaban J connectivity index is 1.29. The number of nitrogens with zero attached hydrogens (tertiary/aromatic N) is 4. The predicted octanol–water partition coefficient (Wildman–Crippen LogP) is 2.75. The fraction of sp³-hybridized carbons (Fsp3) is 0.400. The number of aliphatic hydroxyl groups is 1. The summed E-state index contributed by atoms with van der Waals surface area (Å²) in [6.07, 6.45) is 1.08. The van der Waals surface area contributed by atoms with Crippen LogP contribution in [0.4, 0.5) is 0 Å². The fourth-order valence-electron chi connectivity index (χ4n) is 4.53. The Bertz CT molecular complexity index is 1210. The van der Waals surface area contributed by atoms with Gasteiger partial charge in [-0.25, -0.2) is 4.98 Å². The van der Waals surface area contributed by atoms with E-state index in [1.54, 1.807) is 9.80 Å². The van der Waals surface area contributed by atoms with E-state index in [0.717, 1.165) is 28.0 Å². The molecule has 0 unspecified atom stereocenters. The smallest absolute Gasteiger partial charge is 0.254 e. The van der Waals surface area contributed by atoms with Crippen LogP contribution < -0.4 is 0 Å². The van der Waals surface area contributed by atoms with Gasteiger partial charge in [-0.3, -0.25) is 9.59 Å². The lowest BCUT2D eigenvalue weighted by molar-refractivity contribution is -0.146. The molecule has 2 heterocycles. The van der Waals surface area contributed by atoms with E-state index in [-0.39, 0.29) is 17.9 Å². The maximum atomic E-state index is 13.1. The van der Waals surface area contributed by atoms with Crippen LogP contribution >= 0.6 is 0 Å². The van der Waals surface area contributed by atoms with Gasteiger partial charge in [-0.2, -0.15) is 0 Å². The maximum Gasteiger partial charge on any atom is 0.254 e. The second kappa shape index (κ2) is 7.45. The van der Waals surface area contributed by atoms with E-state index < -0.39 is 5.60 Å². The summed E-state index contributed by atoms with van der Waals surface area (Å²) in [5, 5.41) is 10.1. The number of hydrogen-bond donors (Lipinski definition) is 1. The highest BCUT2D eigenvalue weighted by molar-refractivity contribution is 5.95. The first-order valence-electron chi connectivity index (χ1n) is 11.1. The number of aromatic nitrogens is 2. The summed E-state index contributed by atoms with van der Waals surface area (Å²) < 4.78 is 2.07. The molecule has 166 valence electrons. The Morgan fingerprint density at radius 3 is 2.41 bits per heavy atom. The zero-order valence-electron chi connectivity index (χ0n) is 18.7. The van der Waals surface area contributed by atoms with Crippen molar-refractivity contribution in [2.24, 2.45) is 7.05 Å². The van der Waals surface area contributed by atoms with Crippen LogP contribution in [0.25, 0.3) is 22.2 Å². The van der Waals surface area contributed by atoms with Crippen LogP contribution in [-0.2, 0) is 11.8 Å². The van der Waals surface area contributed by atoms with Crippen molar-refractivity contribution in [1.29, 1.82) is 0 Å². The molecule has 7 nitrogen and oxygen atoms in total. The molecule has 1 atom stereocenters. The predicted molar refractivity (Wildman–Crippen MR) is 122 cm³/mol. The molecule has 2 aliphatic rings. The van der Waals surface area contributed by atoms with Gasteiger partial charge in [0.2, 0.25) is 0 Å². The molecule has 2 fully saturated rings. The monoisotopic (exact) mass is 432 g/mol. The molecule has 3 aromatic rings. The summed E-state index contributed by atoms with van der Waals surface area (Å²) in [6, 6.07) is 13.8. The van der Waals surface area contributed by atoms with Gasteiger partial charge >= 0.3 is 0 Å². The second-order valence-corrected chi connectivity index (χ2v) is 9.13. The van der Waals surface area contributed by atoms with Gasteiger partial charge in [0.15, 0.2) is 0 Å². The number of rotatable bonds is 3. The molecular formula is C25H28N4O3. The Labute approximate surface area is 187 Å². The first-order valence-corrected chi connectivity index (χ1v) is 11.1. The average Bonchev–Trinajstić information content (AvgIpc) is 3.49. The number of fused-ring (bicyclic) bond motifs is 1. The number of imidazole rings is 1. The van der Waals surface area contributed by atoms with Crippen molar-refractivity contribution >= 4 is 22.8 Å². The molecule has 2 aromatic carbocycles. The van der Waals surface area contributed by atoms with Crippen molar-refractivity contribution in [1.82, 2.24) is 19.4 Å². The van der Waals surface area contributed by atoms with E-state index in [4.69, 9.17) is 0 Å². The zero-order chi connectivity index (χ0) is 22.6. The normalized spacial score (nSPS) is 19.9. The van der Waals surface area contributed by atoms with Crippen LogP contribution in [0.3, 0.4) is 0 Å². The zero-order valence-corrected chi connectivity index (χ0v) is 18.7. The van der Waals surface area contributed by atoms with Crippen molar-refractivity contribution in [3.63, 3.8) is 0 Å². The van der Waals surface area contributed by atoms with Crippen LogP contribution in [-0.4, -0.2) is 67.5 Å². The molecule has 0 radical (unpaired) electrons. The minimum atomic E-state index is -1.16. The van der Waals surface area contributed by atoms with E-state index in [0.29, 0.717) is 38.0 Å². The van der Waals surface area contributed by atoms with E-state index in [2.05, 4.69) is 27.8 Å². The molecule has 1 saturated heterocycles. The second-order valence-electron chi connectivity index (χ2n) is 9.13. The molecule has 2 amide bonds. The third-order valence-corrected chi connectivity index (χ3v) is 6.87. The highest BCUT2D eigenvalue weighted by Gasteiger charge is 2.51. The quantitative estimate of drug-likeness (QED) is 0.690. The number of hydrogen-bond acceptors (Lipinski definition) is 4. The van der Waals surface area contributed by atoms with Crippen LogP contribution in [0.5, 0.6) is 0 Å². The number of benzene rings is 2. The highest BCUT2D eigenvalue weighted by Crippen LogP contribution is 2.37. The lowest BCUT2D eigenvalue weighted by atomic mass is 10.0. The maximum absolute atomic E-state index is 13.1. The minimum Gasteiger partial charge on any atom is -0.380 e. The molecule has 1 N–H and O–H groups in total. The Hall–Kier alpha value is -3.19. The van der Waals surface area contributed by atoms with Crippen molar-refractivity contribution in [3.05, 3.63) is 53.9 Å². The van der Waals surface area contributed by atoms with Crippen LogP contribution in [0.15, 0.2) is 42.5 Å². The molecule has 1 aliphatic heterocycles. The molecule has 0 bridgehead atoms. The topological polar surface area (TPSA) is 78.7 Å². The standard InChI is InChI=1S/C25H28N4O3/c1-16-15-28(12-13-29(16)24(31)25(32)10-11-25)23(30)19-6-4-18(5-7-19)20-8-9-22-21(14-20)26-17(2)27(22)3/h4-9,14,16,32H,10-13,15H2,1-3H3/t16-/m0/s1. The van der Waals surface area contributed by atoms with Gasteiger partial charge in [-0.05, 0) is 62.1 Å². The van der Waals surface area contributed by atoms with Crippen molar-refractivity contribution in [2.45, 2.75) is 38.3 Å². The summed E-state index contributed by atoms with van der Waals surface area (Å²) in [5.74, 6) is 0.748. The van der Waals surface area contributed by atoms with Crippen LogP contribution in [0.1, 0.15) is 35.9 Å². The highest BCUT2D eigenvalue weighted by atomic mass is 16.3. The molecule has 1 aliphatic carbocycles. The number of amides is 2. The number of carbonyl (C=O) groups excluding carboxylic acids is 2. The van der Waals surface area contributed by atoms with E-state index in [1.807, 2.05) is 45.2 Å². The van der Waals surface area contributed by atoms with E-state index in [1.165, 1.54) is 0 Å². The van der Waals surface area contributed by atoms with E-state index >= 15 is 0 Å². The van der Waals surface area contributed by atoms with Crippen LogP contribution in [0.2, 0.25) is 0 Å². The SMILES string of the molecule is Cc1nc2cc(-c3ccc(C(=O)N4CCN(C(=O)C5(O)CC5)[C@@H](C)C4)cc3)ccc2n1C. The Morgan fingerprint density at radius 1 is 1.06 bits per heavy atom. The number of aryl methyl sites for hydroxylation is 2. The Kier molecular flexibility index (Phi) is 4.82. The number of carbonyl (C=O) groups is 2. The fourth-order valence-corrected chi connectivity index (χ4v) is 4.53. The molecule has 1 aromatic heterocycles. The van der Waals surface area contributed by atoms with Gasteiger partial charge in [0, 0.05) is 38.3 Å². The summed E-state index contributed by atoms with van der Waals surface area (Å²) in [6.45, 7) is 5.32. The Morgan fingerprint density at radius 2 is 1.75 bits per heavy atom. The third kappa shape index (κ3) is 3.46. The molecule has 0 spiro atoms. The van der Waals surface area contributed by atoms with Gasteiger partial charge in [0.1, 0.15) is 11.4 Å². The average molecular weight is 433 g/mol. The third-order valence-electron chi connectivity index (χ3n) is 6.87. The molecule has 7 heteroatoms. The summed E-state index contributed by atoms with van der Waals surface area (Å²) in [5.41, 5.74) is 3.63. The molecular weight excluding hydrogens is 404 g/mol. The first kappa shape index (κ1) is 20.7. The lowest BCUT2D eigenvalue weighted by Gasteiger charge is -2.40. The molecule has 1 saturated carbocycles. The molecule has 5 rings (SSSR count). The van der Waals surface area contributed by atoms with Crippen molar-refractivity contribution in [2.75, 3.05) is 19.6 Å². The van der Waals surface area contributed by atoms with E-state index in [9.17, 15) is 14.7 Å². The van der Waals surface area contributed by atoms with Gasteiger partial charge in [0.25, 0.3) is 11.8 Å².